The maximum atomic E-state index is 2.43. The van der Waals surface area contributed by atoms with Crippen LogP contribution in [0.2, 0.25) is 0 Å². The lowest BCUT2D eigenvalue weighted by molar-refractivity contribution is 0.632. The van der Waals surface area contributed by atoms with E-state index in [0.717, 1.165) is 28.3 Å². The maximum Gasteiger partial charge on any atom is 0.0502 e. The summed E-state index contributed by atoms with van der Waals surface area (Å²) >= 11 is 0. The molecule has 0 unspecified atom stereocenters. The van der Waals surface area contributed by atoms with E-state index in [-0.39, 0.29) is 5.41 Å². The van der Waals surface area contributed by atoms with Gasteiger partial charge in [-0.2, -0.15) is 0 Å². The van der Waals surface area contributed by atoms with Crippen LogP contribution in [0.25, 0.3) is 55.6 Å². The Bertz CT molecular complexity index is 3050. The third kappa shape index (κ3) is 7.60. The van der Waals surface area contributed by atoms with Crippen LogP contribution in [-0.2, 0) is 5.41 Å². The summed E-state index contributed by atoms with van der Waals surface area (Å²) in [7, 11) is 0. The van der Waals surface area contributed by atoms with E-state index >= 15 is 0 Å². The van der Waals surface area contributed by atoms with Gasteiger partial charge in [-0.3, -0.25) is 0 Å². The van der Waals surface area contributed by atoms with Crippen LogP contribution >= 0.6 is 0 Å². The molecule has 65 heavy (non-hydrogen) atoms. The molecule has 11 rings (SSSR count). The number of fused-ring (bicyclic) bond motifs is 2. The van der Waals surface area contributed by atoms with Crippen LogP contribution < -0.4 is 9.80 Å². The highest BCUT2D eigenvalue weighted by Gasteiger charge is 2.36. The Morgan fingerprint density at radius 3 is 0.954 bits per heavy atom. The number of hydrogen-bond donors (Lipinski definition) is 0. The molecule has 0 fully saturated rings. The van der Waals surface area contributed by atoms with E-state index in [1.54, 1.807) is 0 Å². The molecule has 10 aromatic carbocycles. The van der Waals surface area contributed by atoms with Crippen LogP contribution in [0.5, 0.6) is 0 Å². The molecular weight excluding hydrogens is 785 g/mol. The molecular formula is C63H48N2. The summed E-state index contributed by atoms with van der Waals surface area (Å²) in [6, 6.07) is 92.4. The monoisotopic (exact) mass is 832 g/mol. The largest absolute Gasteiger partial charge is 0.311 e. The Kier molecular flexibility index (Phi) is 10.3. The Morgan fingerprint density at radius 2 is 0.569 bits per heavy atom. The minimum Gasteiger partial charge on any atom is -0.311 e. The zero-order chi connectivity index (χ0) is 43.7. The van der Waals surface area contributed by atoms with E-state index in [4.69, 9.17) is 0 Å². The predicted octanol–water partition coefficient (Wildman–Crippen LogP) is 17.6. The molecule has 1 aliphatic heterocycles. The molecule has 0 radical (unpaired) electrons. The molecule has 0 N–H and O–H groups in total. The first kappa shape index (κ1) is 39.6. The molecule has 1 aliphatic rings. The fourth-order valence-electron chi connectivity index (χ4n) is 9.60. The normalized spacial score (nSPS) is 12.6. The van der Waals surface area contributed by atoms with E-state index in [1.165, 1.54) is 72.6 Å². The second-order valence-electron chi connectivity index (χ2n) is 17.4. The second-order valence-corrected chi connectivity index (χ2v) is 17.4. The summed E-state index contributed by atoms with van der Waals surface area (Å²) in [4.78, 5) is 4.78. The zero-order valence-electron chi connectivity index (χ0n) is 36.6. The van der Waals surface area contributed by atoms with Crippen molar-refractivity contribution in [1.82, 2.24) is 0 Å². The number of para-hydroxylation sites is 2. The van der Waals surface area contributed by atoms with Crippen molar-refractivity contribution in [1.29, 1.82) is 0 Å². The first-order valence-corrected chi connectivity index (χ1v) is 22.5. The van der Waals surface area contributed by atoms with Crippen molar-refractivity contribution in [2.75, 3.05) is 9.80 Å². The second kappa shape index (κ2) is 16.8. The molecule has 0 bridgehead atoms. The number of hydrogen-bond acceptors (Lipinski definition) is 2. The molecule has 0 spiro atoms. The summed E-state index contributed by atoms with van der Waals surface area (Å²) in [6.45, 7) is 4.67. The van der Waals surface area contributed by atoms with Gasteiger partial charge in [0.05, 0.1) is 11.4 Å². The van der Waals surface area contributed by atoms with Crippen molar-refractivity contribution in [3.05, 3.63) is 266 Å². The van der Waals surface area contributed by atoms with Gasteiger partial charge in [-0.1, -0.05) is 208 Å². The molecule has 0 aliphatic carbocycles. The van der Waals surface area contributed by atoms with Gasteiger partial charge in [-0.15, -0.1) is 0 Å². The minimum absolute atomic E-state index is 0.105. The summed E-state index contributed by atoms with van der Waals surface area (Å²) in [5.74, 6) is 0. The summed E-state index contributed by atoms with van der Waals surface area (Å²) in [6.07, 6.45) is 0. The standard InChI is InChI=1S/C63H48N2/c1-63(2)59-20-9-11-22-61(59)65(62-23-12-10-21-60(62)63)58-19-13-18-54(44-58)53-36-42-57(43-37-53)64(55-38-32-51(33-39-55)49-28-24-47(25-29-49)45-14-5-3-6-15-45)56-40-34-52(35-41-56)50-30-26-48(27-31-50)46-16-7-4-8-17-46/h3-44H,1-2H3. The smallest absolute Gasteiger partial charge is 0.0502 e. The fraction of sp³-hybridized carbons (Fsp3) is 0.0476. The molecule has 1 heterocycles. The van der Waals surface area contributed by atoms with Crippen molar-refractivity contribution < 1.29 is 0 Å². The maximum absolute atomic E-state index is 2.43. The van der Waals surface area contributed by atoms with Gasteiger partial charge in [0.15, 0.2) is 0 Å². The van der Waals surface area contributed by atoms with Crippen LogP contribution in [0.3, 0.4) is 0 Å². The van der Waals surface area contributed by atoms with Crippen LogP contribution in [0, 0.1) is 0 Å². The quantitative estimate of drug-likeness (QED) is 0.143. The van der Waals surface area contributed by atoms with E-state index in [0.29, 0.717) is 0 Å². The lowest BCUT2D eigenvalue weighted by Crippen LogP contribution is -2.30. The summed E-state index contributed by atoms with van der Waals surface area (Å²) in [5, 5.41) is 0. The van der Waals surface area contributed by atoms with Gasteiger partial charge in [0, 0.05) is 28.2 Å². The lowest BCUT2D eigenvalue weighted by atomic mass is 9.73. The first-order valence-electron chi connectivity index (χ1n) is 22.5. The van der Waals surface area contributed by atoms with Crippen LogP contribution in [0.4, 0.5) is 34.1 Å². The molecule has 0 atom stereocenters. The van der Waals surface area contributed by atoms with Gasteiger partial charge in [-0.05, 0) is 127 Å². The van der Waals surface area contributed by atoms with Gasteiger partial charge in [0.2, 0.25) is 0 Å². The highest BCUT2D eigenvalue weighted by Crippen LogP contribution is 2.52. The number of anilines is 6. The van der Waals surface area contributed by atoms with Gasteiger partial charge in [-0.25, -0.2) is 0 Å². The Morgan fingerprint density at radius 1 is 0.277 bits per heavy atom. The van der Waals surface area contributed by atoms with Crippen molar-refractivity contribution in [3.8, 4) is 55.6 Å². The topological polar surface area (TPSA) is 6.48 Å². The molecule has 0 saturated heterocycles. The van der Waals surface area contributed by atoms with Crippen LogP contribution in [0.15, 0.2) is 255 Å². The summed E-state index contributed by atoms with van der Waals surface area (Å²) in [5.41, 5.74) is 21.4. The van der Waals surface area contributed by atoms with Gasteiger partial charge >= 0.3 is 0 Å². The Balaban J connectivity index is 0.924. The highest BCUT2D eigenvalue weighted by molar-refractivity contribution is 5.88. The van der Waals surface area contributed by atoms with Crippen molar-refractivity contribution in [2.24, 2.45) is 0 Å². The molecule has 0 saturated carbocycles. The third-order valence-corrected chi connectivity index (χ3v) is 13.1. The van der Waals surface area contributed by atoms with E-state index < -0.39 is 0 Å². The van der Waals surface area contributed by atoms with Crippen molar-refractivity contribution in [2.45, 2.75) is 19.3 Å². The molecule has 0 amide bonds. The van der Waals surface area contributed by atoms with Gasteiger partial charge < -0.3 is 9.80 Å². The average molecular weight is 833 g/mol. The Labute approximate surface area is 383 Å². The SMILES string of the molecule is CC1(C)c2ccccc2N(c2cccc(-c3ccc(N(c4ccc(-c5ccc(-c6ccccc6)cc5)cc4)c4ccc(-c5ccc(-c6ccccc6)cc5)cc4)cc3)c2)c2ccccc21. The van der Waals surface area contributed by atoms with E-state index in [2.05, 4.69) is 278 Å². The van der Waals surface area contributed by atoms with Gasteiger partial charge in [0.1, 0.15) is 0 Å². The van der Waals surface area contributed by atoms with E-state index in [9.17, 15) is 0 Å². The molecule has 10 aromatic rings. The number of benzene rings is 10. The van der Waals surface area contributed by atoms with Crippen molar-refractivity contribution in [3.63, 3.8) is 0 Å². The number of rotatable bonds is 9. The molecule has 2 heteroatoms. The fourth-order valence-corrected chi connectivity index (χ4v) is 9.60. The van der Waals surface area contributed by atoms with Gasteiger partial charge in [0.25, 0.3) is 0 Å². The molecule has 2 nitrogen and oxygen atoms in total. The molecule has 0 aromatic heterocycles. The highest BCUT2D eigenvalue weighted by atomic mass is 15.2. The minimum atomic E-state index is -0.105. The van der Waals surface area contributed by atoms with Crippen LogP contribution in [-0.4, -0.2) is 0 Å². The van der Waals surface area contributed by atoms with Crippen LogP contribution in [0.1, 0.15) is 25.0 Å². The number of nitrogens with zero attached hydrogens (tertiary/aromatic N) is 2. The average Bonchev–Trinajstić information content (AvgIpc) is 3.38. The molecule has 310 valence electrons. The Hall–Kier alpha value is -8.20. The zero-order valence-corrected chi connectivity index (χ0v) is 36.6. The predicted molar refractivity (Wildman–Crippen MR) is 275 cm³/mol. The first-order chi connectivity index (χ1) is 32.0. The lowest BCUT2D eigenvalue weighted by Gasteiger charge is -2.42. The van der Waals surface area contributed by atoms with Crippen molar-refractivity contribution >= 4 is 34.1 Å². The summed E-state index contributed by atoms with van der Waals surface area (Å²) < 4.78 is 0. The van der Waals surface area contributed by atoms with E-state index in [1.807, 2.05) is 0 Å². The third-order valence-electron chi connectivity index (χ3n) is 13.1.